The van der Waals surface area contributed by atoms with E-state index >= 15 is 0 Å². The van der Waals surface area contributed by atoms with E-state index in [0.29, 0.717) is 18.4 Å². The van der Waals surface area contributed by atoms with E-state index in [4.69, 9.17) is 5.73 Å². The molecular weight excluding hydrogens is 176 g/mol. The van der Waals surface area contributed by atoms with Crippen LogP contribution < -0.4 is 5.73 Å². The number of allylic oxidation sites excluding steroid dienone is 1. The zero-order chi connectivity index (χ0) is 10.2. The predicted molar refractivity (Wildman–Crippen MR) is 57.0 cm³/mol. The van der Waals surface area contributed by atoms with Crippen LogP contribution in [-0.2, 0) is 11.3 Å². The fraction of sp³-hybridized carbons (Fsp3) is 0.0909. The Morgan fingerprint density at radius 1 is 1.36 bits per heavy atom. The van der Waals surface area contributed by atoms with E-state index in [0.717, 1.165) is 5.56 Å². The van der Waals surface area contributed by atoms with Crippen molar-refractivity contribution in [2.24, 2.45) is 10.7 Å². The van der Waals surface area contributed by atoms with Gasteiger partial charge in [-0.2, -0.15) is 0 Å². The van der Waals surface area contributed by atoms with Crippen LogP contribution in [0.4, 0.5) is 0 Å². The lowest BCUT2D eigenvalue weighted by Gasteiger charge is -1.93. The second-order valence-electron chi connectivity index (χ2n) is 2.74. The highest BCUT2D eigenvalue weighted by atomic mass is 16.1. The Labute approximate surface area is 83.0 Å². The molecule has 0 saturated carbocycles. The topological polar surface area (TPSA) is 55.5 Å². The number of hydrogen-bond acceptors (Lipinski definition) is 3. The van der Waals surface area contributed by atoms with Crippen molar-refractivity contribution in [2.45, 2.75) is 6.54 Å². The predicted octanol–water partition coefficient (Wildman–Crippen LogP) is 1.30. The second kappa shape index (κ2) is 5.70. The van der Waals surface area contributed by atoms with Crippen LogP contribution in [0.3, 0.4) is 0 Å². The van der Waals surface area contributed by atoms with E-state index in [2.05, 4.69) is 4.99 Å². The molecule has 1 aromatic rings. The molecule has 3 heteroatoms. The van der Waals surface area contributed by atoms with Crippen LogP contribution >= 0.6 is 0 Å². The van der Waals surface area contributed by atoms with Crippen LogP contribution in [0.5, 0.6) is 0 Å². The Balaban J connectivity index is 2.53. The van der Waals surface area contributed by atoms with Gasteiger partial charge in [0.2, 0.25) is 0 Å². The molecule has 14 heavy (non-hydrogen) atoms. The lowest BCUT2D eigenvalue weighted by Crippen LogP contribution is -1.92. The molecule has 3 nitrogen and oxygen atoms in total. The fourth-order valence-corrected chi connectivity index (χ4v) is 0.953. The minimum absolute atomic E-state index is 0.390. The lowest BCUT2D eigenvalue weighted by molar-refractivity contribution is -0.104. The van der Waals surface area contributed by atoms with Gasteiger partial charge < -0.3 is 5.73 Å². The Bertz CT molecular complexity index is 342. The van der Waals surface area contributed by atoms with E-state index in [-0.39, 0.29) is 0 Å². The number of carbonyl (C=O) groups is 1. The maximum absolute atomic E-state index is 10.3. The molecule has 1 aromatic carbocycles. The molecule has 0 spiro atoms. The Hall–Kier alpha value is -1.90. The highest BCUT2D eigenvalue weighted by molar-refractivity contribution is 6.01. The molecule has 0 aliphatic rings. The first-order chi connectivity index (χ1) is 6.86. The molecule has 0 unspecified atom stereocenters. The number of nitrogens with zero attached hydrogens (tertiary/aromatic N) is 1. The Kier molecular flexibility index (Phi) is 4.14. The van der Waals surface area contributed by atoms with E-state index < -0.39 is 0 Å². The number of aliphatic imine (C=N–C) groups is 1. The molecule has 0 bridgehead atoms. The van der Waals surface area contributed by atoms with Crippen molar-refractivity contribution in [1.29, 1.82) is 0 Å². The fourth-order valence-electron chi connectivity index (χ4n) is 0.953. The summed E-state index contributed by atoms with van der Waals surface area (Å²) in [4.78, 5) is 14.4. The highest BCUT2D eigenvalue weighted by Gasteiger charge is 1.88. The van der Waals surface area contributed by atoms with E-state index in [9.17, 15) is 4.79 Å². The third kappa shape index (κ3) is 3.23. The number of aldehydes is 1. The van der Waals surface area contributed by atoms with Crippen LogP contribution in [0.15, 0.2) is 47.1 Å². The molecule has 0 aliphatic heterocycles. The molecule has 0 aliphatic carbocycles. The van der Waals surface area contributed by atoms with Crippen LogP contribution in [0, 0.1) is 0 Å². The van der Waals surface area contributed by atoms with Crippen LogP contribution in [0.2, 0.25) is 0 Å². The number of nitrogens with two attached hydrogens (primary N) is 1. The molecule has 0 atom stereocenters. The van der Waals surface area contributed by atoms with Gasteiger partial charge in [0.1, 0.15) is 0 Å². The Morgan fingerprint density at radius 2 is 2.07 bits per heavy atom. The SMILES string of the molecule is N/C=C(/C=O)C=NCc1ccccc1. The van der Waals surface area contributed by atoms with E-state index in [1.807, 2.05) is 30.3 Å². The summed E-state index contributed by atoms with van der Waals surface area (Å²) < 4.78 is 0. The molecule has 2 N–H and O–H groups in total. The van der Waals surface area contributed by atoms with Crippen molar-refractivity contribution in [3.05, 3.63) is 47.7 Å². The first kappa shape index (κ1) is 10.2. The summed E-state index contributed by atoms with van der Waals surface area (Å²) in [7, 11) is 0. The number of benzene rings is 1. The molecule has 0 saturated heterocycles. The third-order valence-electron chi connectivity index (χ3n) is 1.69. The first-order valence-corrected chi connectivity index (χ1v) is 4.27. The minimum atomic E-state index is 0.390. The van der Waals surface area contributed by atoms with Gasteiger partial charge in [-0.1, -0.05) is 30.3 Å². The Morgan fingerprint density at radius 3 is 2.64 bits per heavy atom. The molecule has 1 rings (SSSR count). The number of carbonyl (C=O) groups excluding carboxylic acids is 1. The zero-order valence-electron chi connectivity index (χ0n) is 7.76. The van der Waals surface area contributed by atoms with Gasteiger partial charge in [0.15, 0.2) is 6.29 Å². The van der Waals surface area contributed by atoms with E-state index in [1.54, 1.807) is 0 Å². The van der Waals surface area contributed by atoms with Crippen LogP contribution in [0.25, 0.3) is 0 Å². The third-order valence-corrected chi connectivity index (χ3v) is 1.69. The number of hydrogen-bond donors (Lipinski definition) is 1. The standard InChI is InChI=1S/C11H12N2O/c12-6-11(9-14)8-13-7-10-4-2-1-3-5-10/h1-6,8-9H,7,12H2/b11-6+,13-8?. The minimum Gasteiger partial charge on any atom is -0.404 e. The summed E-state index contributed by atoms with van der Waals surface area (Å²) in [5.41, 5.74) is 6.67. The smallest absolute Gasteiger partial charge is 0.153 e. The summed E-state index contributed by atoms with van der Waals surface area (Å²) >= 11 is 0. The van der Waals surface area contributed by atoms with Gasteiger partial charge in [-0.25, -0.2) is 0 Å². The maximum atomic E-state index is 10.3. The normalized spacial score (nSPS) is 11.9. The van der Waals surface area contributed by atoms with Gasteiger partial charge >= 0.3 is 0 Å². The van der Waals surface area contributed by atoms with Gasteiger partial charge in [0.05, 0.1) is 6.54 Å². The molecular formula is C11H12N2O. The van der Waals surface area contributed by atoms with Crippen molar-refractivity contribution in [2.75, 3.05) is 0 Å². The lowest BCUT2D eigenvalue weighted by atomic mass is 10.2. The van der Waals surface area contributed by atoms with Crippen LogP contribution in [0.1, 0.15) is 5.56 Å². The average molecular weight is 188 g/mol. The number of rotatable bonds is 4. The average Bonchev–Trinajstić information content (AvgIpc) is 2.26. The summed E-state index contributed by atoms with van der Waals surface area (Å²) in [5.74, 6) is 0. The summed E-state index contributed by atoms with van der Waals surface area (Å²) in [6, 6.07) is 9.80. The highest BCUT2D eigenvalue weighted by Crippen LogP contribution is 1.99. The van der Waals surface area contributed by atoms with Gasteiger partial charge in [-0.3, -0.25) is 9.79 Å². The first-order valence-electron chi connectivity index (χ1n) is 4.27. The van der Waals surface area contributed by atoms with Gasteiger partial charge in [-0.15, -0.1) is 0 Å². The molecule has 0 radical (unpaired) electrons. The molecule has 0 amide bonds. The van der Waals surface area contributed by atoms with E-state index in [1.165, 1.54) is 12.4 Å². The summed E-state index contributed by atoms with van der Waals surface area (Å²) in [6.07, 6.45) is 3.38. The quantitative estimate of drug-likeness (QED) is 0.440. The van der Waals surface area contributed by atoms with Crippen molar-refractivity contribution in [1.82, 2.24) is 0 Å². The van der Waals surface area contributed by atoms with Crippen molar-refractivity contribution < 1.29 is 4.79 Å². The van der Waals surface area contributed by atoms with Crippen molar-refractivity contribution >= 4 is 12.5 Å². The van der Waals surface area contributed by atoms with Crippen LogP contribution in [-0.4, -0.2) is 12.5 Å². The molecule has 0 aromatic heterocycles. The summed E-state index contributed by atoms with van der Waals surface area (Å²) in [6.45, 7) is 0.562. The maximum Gasteiger partial charge on any atom is 0.153 e. The van der Waals surface area contributed by atoms with Gasteiger partial charge in [0, 0.05) is 18.0 Å². The summed E-state index contributed by atoms with van der Waals surface area (Å²) in [5, 5.41) is 0. The monoisotopic (exact) mass is 188 g/mol. The molecule has 0 heterocycles. The van der Waals surface area contributed by atoms with Gasteiger partial charge in [-0.05, 0) is 5.56 Å². The second-order valence-corrected chi connectivity index (χ2v) is 2.74. The van der Waals surface area contributed by atoms with Crippen molar-refractivity contribution in [3.63, 3.8) is 0 Å². The van der Waals surface area contributed by atoms with Gasteiger partial charge in [0.25, 0.3) is 0 Å². The zero-order valence-corrected chi connectivity index (χ0v) is 7.76. The largest absolute Gasteiger partial charge is 0.404 e. The van der Waals surface area contributed by atoms with Crippen molar-refractivity contribution in [3.8, 4) is 0 Å². The molecule has 0 fully saturated rings. The molecule has 72 valence electrons.